The minimum atomic E-state index is -0.673. The van der Waals surface area contributed by atoms with Crippen LogP contribution in [0.2, 0.25) is 0 Å². The van der Waals surface area contributed by atoms with Crippen molar-refractivity contribution in [2.75, 3.05) is 5.01 Å². The largest absolute Gasteiger partial charge is 0.344 e. The van der Waals surface area contributed by atoms with E-state index in [4.69, 9.17) is 0 Å². The number of Topliss-reactive ketones (excluding diaryl/α,β-unsaturated/α-hetero) is 1. The van der Waals surface area contributed by atoms with Crippen molar-refractivity contribution in [1.82, 2.24) is 20.2 Å². The van der Waals surface area contributed by atoms with Crippen LogP contribution in [-0.2, 0) is 16.1 Å². The summed E-state index contributed by atoms with van der Waals surface area (Å²) in [6, 6.07) is 9.76. The van der Waals surface area contributed by atoms with Gasteiger partial charge in [0.2, 0.25) is 0 Å². The van der Waals surface area contributed by atoms with Gasteiger partial charge in [0.05, 0.1) is 18.2 Å². The Balaban J connectivity index is 1.56. The summed E-state index contributed by atoms with van der Waals surface area (Å²) in [5.41, 5.74) is 2.19. The van der Waals surface area contributed by atoms with E-state index in [-0.39, 0.29) is 17.9 Å². The molecule has 1 amide bonds. The number of carbonyl (C=O) groups is 2. The van der Waals surface area contributed by atoms with E-state index in [0.29, 0.717) is 28.8 Å². The highest BCUT2D eigenvalue weighted by Gasteiger charge is 2.44. The molecule has 9 heteroatoms. The number of carbonyl (C=O) groups excluding carboxylic acids is 2. The molecule has 5 rings (SSSR count). The maximum atomic E-state index is 14.7. The first-order valence-electron chi connectivity index (χ1n) is 10.1. The third-order valence-electron chi connectivity index (χ3n) is 5.93. The van der Waals surface area contributed by atoms with Crippen LogP contribution in [0.3, 0.4) is 0 Å². The summed E-state index contributed by atoms with van der Waals surface area (Å²) in [5, 5.41) is 12.2. The van der Waals surface area contributed by atoms with E-state index in [1.165, 1.54) is 30.9 Å². The zero-order valence-electron chi connectivity index (χ0n) is 17.1. The molecule has 0 saturated heterocycles. The van der Waals surface area contributed by atoms with Gasteiger partial charge in [0.1, 0.15) is 30.1 Å². The molecule has 32 heavy (non-hydrogen) atoms. The predicted molar refractivity (Wildman–Crippen MR) is 111 cm³/mol. The van der Waals surface area contributed by atoms with Crippen molar-refractivity contribution in [2.45, 2.75) is 25.9 Å². The summed E-state index contributed by atoms with van der Waals surface area (Å²) < 4.78 is 30.1. The Morgan fingerprint density at radius 2 is 1.88 bits per heavy atom. The van der Waals surface area contributed by atoms with Gasteiger partial charge < -0.3 is 5.32 Å². The minimum Gasteiger partial charge on any atom is -0.344 e. The number of nitrogens with one attached hydrogen (secondary N) is 1. The highest BCUT2D eigenvalue weighted by Crippen LogP contribution is 2.39. The standard InChI is InChI=1S/C23H19F2N5O2/c1-13-21(16-6-3-7-19(25)18(16)10-30(13)29-11-26-27-12-29)23(32)28-22(17-9-20(17)31)14-4-2-5-15(24)8-14/h2-8,11-12,17,22H,9-10H2,1H3,(H,28,32)/t17?,22-/m1/s1. The van der Waals surface area contributed by atoms with E-state index in [9.17, 15) is 18.4 Å². The highest BCUT2D eigenvalue weighted by molar-refractivity contribution is 6.21. The molecule has 1 aliphatic carbocycles. The third kappa shape index (κ3) is 3.45. The quantitative estimate of drug-likeness (QED) is 0.667. The van der Waals surface area contributed by atoms with Gasteiger partial charge in [-0.1, -0.05) is 24.3 Å². The van der Waals surface area contributed by atoms with Crippen LogP contribution in [0, 0.1) is 17.6 Å². The molecule has 0 spiro atoms. The summed E-state index contributed by atoms with van der Waals surface area (Å²) in [5.74, 6) is -1.76. The molecule has 2 heterocycles. The maximum absolute atomic E-state index is 14.7. The van der Waals surface area contributed by atoms with Gasteiger partial charge in [-0.05, 0) is 36.2 Å². The van der Waals surface area contributed by atoms with Crippen LogP contribution in [0.4, 0.5) is 8.78 Å². The number of ketones is 1. The number of hydrogen-bond acceptors (Lipinski definition) is 5. The minimum absolute atomic E-state index is 0.00599. The smallest absolute Gasteiger partial charge is 0.254 e. The van der Waals surface area contributed by atoms with Crippen LogP contribution < -0.4 is 10.3 Å². The van der Waals surface area contributed by atoms with Crippen molar-refractivity contribution in [1.29, 1.82) is 0 Å². The van der Waals surface area contributed by atoms with Gasteiger partial charge in [-0.2, -0.15) is 0 Å². The molecular formula is C23H19F2N5O2. The first-order chi connectivity index (χ1) is 15.4. The number of rotatable bonds is 5. The van der Waals surface area contributed by atoms with E-state index >= 15 is 0 Å². The van der Waals surface area contributed by atoms with Crippen LogP contribution in [0.25, 0.3) is 5.57 Å². The number of hydrogen-bond donors (Lipinski definition) is 1. The van der Waals surface area contributed by atoms with Crippen LogP contribution in [0.15, 0.2) is 60.8 Å². The van der Waals surface area contributed by atoms with Gasteiger partial charge in [0.15, 0.2) is 0 Å². The summed E-state index contributed by atoms with van der Waals surface area (Å²) >= 11 is 0. The number of halogens is 2. The molecule has 0 radical (unpaired) electrons. The molecule has 1 saturated carbocycles. The SMILES string of the molecule is CC1=C(C(=O)N[C@H](c2cccc(F)c2)C2CC2=O)c2cccc(F)c2CN1n1cnnc1. The molecule has 1 fully saturated rings. The van der Waals surface area contributed by atoms with E-state index in [1.54, 1.807) is 40.9 Å². The van der Waals surface area contributed by atoms with E-state index in [2.05, 4.69) is 15.5 Å². The van der Waals surface area contributed by atoms with Crippen LogP contribution in [-0.4, -0.2) is 26.6 Å². The fraction of sp³-hybridized carbons (Fsp3) is 0.217. The van der Waals surface area contributed by atoms with Crippen molar-refractivity contribution in [3.8, 4) is 0 Å². The van der Waals surface area contributed by atoms with E-state index in [0.717, 1.165) is 0 Å². The van der Waals surface area contributed by atoms with Crippen molar-refractivity contribution in [2.24, 2.45) is 5.92 Å². The molecule has 162 valence electrons. The van der Waals surface area contributed by atoms with Crippen molar-refractivity contribution in [3.63, 3.8) is 0 Å². The normalized spacial score (nSPS) is 18.4. The van der Waals surface area contributed by atoms with Gasteiger partial charge in [-0.25, -0.2) is 13.5 Å². The second-order valence-corrected chi connectivity index (χ2v) is 7.91. The number of nitrogens with zero attached hydrogens (tertiary/aromatic N) is 4. The van der Waals surface area contributed by atoms with Crippen molar-refractivity contribution >= 4 is 17.3 Å². The first kappa shape index (κ1) is 20.0. The lowest BCUT2D eigenvalue weighted by Gasteiger charge is -2.33. The van der Waals surface area contributed by atoms with Crippen LogP contribution >= 0.6 is 0 Å². The molecule has 1 unspecified atom stereocenters. The maximum Gasteiger partial charge on any atom is 0.254 e. The lowest BCUT2D eigenvalue weighted by Crippen LogP contribution is -2.39. The van der Waals surface area contributed by atoms with Gasteiger partial charge in [0, 0.05) is 23.6 Å². The highest BCUT2D eigenvalue weighted by atomic mass is 19.1. The topological polar surface area (TPSA) is 80.1 Å². The lowest BCUT2D eigenvalue weighted by molar-refractivity contribution is -0.116. The Morgan fingerprint density at radius 1 is 1.16 bits per heavy atom. The number of fused-ring (bicyclic) bond motifs is 1. The van der Waals surface area contributed by atoms with Crippen LogP contribution in [0.1, 0.15) is 36.1 Å². The monoisotopic (exact) mass is 435 g/mol. The Hall–Kier alpha value is -3.88. The average molecular weight is 435 g/mol. The van der Waals surface area contributed by atoms with Gasteiger partial charge in [-0.3, -0.25) is 14.6 Å². The lowest BCUT2D eigenvalue weighted by atomic mass is 9.92. The Labute approximate surface area is 182 Å². The molecular weight excluding hydrogens is 416 g/mol. The molecule has 7 nitrogen and oxygen atoms in total. The Bertz CT molecular complexity index is 1260. The molecule has 2 aliphatic rings. The number of benzene rings is 2. The molecule has 2 atom stereocenters. The summed E-state index contributed by atoms with van der Waals surface area (Å²) in [6.07, 6.45) is 3.24. The van der Waals surface area contributed by atoms with E-state index < -0.39 is 29.5 Å². The molecule has 1 aromatic heterocycles. The molecule has 2 aromatic carbocycles. The summed E-state index contributed by atoms with van der Waals surface area (Å²) in [7, 11) is 0. The fourth-order valence-electron chi connectivity index (χ4n) is 4.20. The van der Waals surface area contributed by atoms with Crippen molar-refractivity contribution < 1.29 is 18.4 Å². The Morgan fingerprint density at radius 3 is 2.56 bits per heavy atom. The second kappa shape index (κ2) is 7.67. The van der Waals surface area contributed by atoms with Gasteiger partial charge in [-0.15, -0.1) is 10.2 Å². The summed E-state index contributed by atoms with van der Waals surface area (Å²) in [6.45, 7) is 1.94. The third-order valence-corrected chi connectivity index (χ3v) is 5.93. The van der Waals surface area contributed by atoms with Gasteiger partial charge >= 0.3 is 0 Å². The number of allylic oxidation sites excluding steroid dienone is 1. The second-order valence-electron chi connectivity index (χ2n) is 7.91. The van der Waals surface area contributed by atoms with Gasteiger partial charge in [0.25, 0.3) is 5.91 Å². The number of amides is 1. The van der Waals surface area contributed by atoms with Crippen molar-refractivity contribution in [3.05, 3.63) is 89.1 Å². The predicted octanol–water partition coefficient (Wildman–Crippen LogP) is 2.89. The van der Waals surface area contributed by atoms with E-state index in [1.807, 2.05) is 0 Å². The average Bonchev–Trinajstić information content (AvgIpc) is 3.24. The zero-order valence-corrected chi connectivity index (χ0v) is 17.1. The summed E-state index contributed by atoms with van der Waals surface area (Å²) in [4.78, 5) is 25.5. The fourth-order valence-corrected chi connectivity index (χ4v) is 4.20. The Kier molecular flexibility index (Phi) is 4.80. The molecule has 1 N–H and O–H groups in total. The van der Waals surface area contributed by atoms with Crippen LogP contribution in [0.5, 0.6) is 0 Å². The first-order valence-corrected chi connectivity index (χ1v) is 10.1. The zero-order chi connectivity index (χ0) is 22.4. The molecule has 1 aliphatic heterocycles. The molecule has 0 bridgehead atoms. The molecule has 3 aromatic rings. The number of aromatic nitrogens is 3.